The van der Waals surface area contributed by atoms with Crippen molar-refractivity contribution in [3.63, 3.8) is 0 Å². The average Bonchev–Trinajstić information content (AvgIpc) is 2.77. The van der Waals surface area contributed by atoms with Crippen molar-refractivity contribution in [1.29, 1.82) is 0 Å². The Morgan fingerprint density at radius 3 is 2.68 bits per heavy atom. The lowest BCUT2D eigenvalue weighted by Crippen LogP contribution is -2.40. The van der Waals surface area contributed by atoms with Gasteiger partial charge in [0.1, 0.15) is 0 Å². The van der Waals surface area contributed by atoms with E-state index >= 15 is 0 Å². The smallest absolute Gasteiger partial charge is 0.227 e. The van der Waals surface area contributed by atoms with Gasteiger partial charge in [0.25, 0.3) is 0 Å². The van der Waals surface area contributed by atoms with Gasteiger partial charge in [-0.25, -0.2) is 0 Å². The Kier molecular flexibility index (Phi) is 4.22. The molecule has 1 amide bonds. The molecule has 2 unspecified atom stereocenters. The number of nitrogens with two attached hydrogens (primary N) is 1. The first-order valence-electron chi connectivity index (χ1n) is 6.77. The van der Waals surface area contributed by atoms with Crippen molar-refractivity contribution in [3.8, 4) is 0 Å². The zero-order valence-electron chi connectivity index (χ0n) is 11.4. The molecular formula is C15H22N2O2. The van der Waals surface area contributed by atoms with E-state index in [-0.39, 0.29) is 11.8 Å². The number of hydrogen-bond acceptors (Lipinski definition) is 3. The predicted octanol–water partition coefficient (Wildman–Crippen LogP) is 0.787. The number of aliphatic hydroxyl groups is 1. The third-order valence-corrected chi connectivity index (χ3v) is 3.72. The third kappa shape index (κ3) is 3.55. The standard InChI is InChI=1S/C15H22N2O2/c1-15(19)7-8-17(11-15)14(18)13(10-16)9-12-5-3-2-4-6-12/h2-6,13,19H,7-11,16H2,1H3. The number of rotatable bonds is 4. The maximum atomic E-state index is 12.4. The molecule has 1 aromatic carbocycles. The molecule has 0 saturated carbocycles. The van der Waals surface area contributed by atoms with Crippen molar-refractivity contribution in [2.45, 2.75) is 25.4 Å². The SMILES string of the molecule is CC1(O)CCN(C(=O)C(CN)Cc2ccccc2)C1. The van der Waals surface area contributed by atoms with Crippen LogP contribution in [0.2, 0.25) is 0 Å². The van der Waals surface area contributed by atoms with Crippen LogP contribution in [0.4, 0.5) is 0 Å². The summed E-state index contributed by atoms with van der Waals surface area (Å²) in [4.78, 5) is 14.1. The molecular weight excluding hydrogens is 240 g/mol. The van der Waals surface area contributed by atoms with Gasteiger partial charge in [0, 0.05) is 19.6 Å². The fourth-order valence-electron chi connectivity index (χ4n) is 2.56. The van der Waals surface area contributed by atoms with Gasteiger partial charge in [-0.15, -0.1) is 0 Å². The van der Waals surface area contributed by atoms with Crippen molar-refractivity contribution in [3.05, 3.63) is 35.9 Å². The minimum absolute atomic E-state index is 0.0594. The topological polar surface area (TPSA) is 66.6 Å². The van der Waals surface area contributed by atoms with E-state index in [2.05, 4.69) is 0 Å². The van der Waals surface area contributed by atoms with Crippen LogP contribution in [0.3, 0.4) is 0 Å². The Labute approximate surface area is 114 Å². The van der Waals surface area contributed by atoms with Crippen LogP contribution in [0.5, 0.6) is 0 Å². The third-order valence-electron chi connectivity index (χ3n) is 3.72. The summed E-state index contributed by atoms with van der Waals surface area (Å²) in [5, 5.41) is 9.93. The van der Waals surface area contributed by atoms with E-state index in [1.165, 1.54) is 0 Å². The lowest BCUT2D eigenvalue weighted by atomic mass is 9.98. The molecule has 0 aliphatic carbocycles. The Hall–Kier alpha value is -1.39. The van der Waals surface area contributed by atoms with E-state index in [1.807, 2.05) is 30.3 Å². The number of benzene rings is 1. The monoisotopic (exact) mass is 262 g/mol. The molecule has 0 aromatic heterocycles. The van der Waals surface area contributed by atoms with E-state index in [9.17, 15) is 9.90 Å². The largest absolute Gasteiger partial charge is 0.388 e. The Morgan fingerprint density at radius 2 is 2.16 bits per heavy atom. The first-order valence-corrected chi connectivity index (χ1v) is 6.77. The summed E-state index contributed by atoms with van der Waals surface area (Å²) in [6, 6.07) is 9.91. The summed E-state index contributed by atoms with van der Waals surface area (Å²) in [6.07, 6.45) is 1.30. The fourth-order valence-corrected chi connectivity index (χ4v) is 2.56. The zero-order chi connectivity index (χ0) is 13.9. The van der Waals surface area contributed by atoms with E-state index in [1.54, 1.807) is 11.8 Å². The van der Waals surface area contributed by atoms with Crippen LogP contribution in [0.1, 0.15) is 18.9 Å². The second kappa shape index (κ2) is 5.72. The summed E-state index contributed by atoms with van der Waals surface area (Å²) in [5.41, 5.74) is 6.12. The second-order valence-corrected chi connectivity index (χ2v) is 5.63. The zero-order valence-corrected chi connectivity index (χ0v) is 11.4. The van der Waals surface area contributed by atoms with E-state index in [0.717, 1.165) is 5.56 Å². The second-order valence-electron chi connectivity index (χ2n) is 5.63. The molecule has 0 spiro atoms. The summed E-state index contributed by atoms with van der Waals surface area (Å²) < 4.78 is 0. The Balaban J connectivity index is 2.00. The summed E-state index contributed by atoms with van der Waals surface area (Å²) in [7, 11) is 0. The predicted molar refractivity (Wildman–Crippen MR) is 74.5 cm³/mol. The van der Waals surface area contributed by atoms with Gasteiger partial charge in [0.2, 0.25) is 5.91 Å². The molecule has 1 heterocycles. The highest BCUT2D eigenvalue weighted by Crippen LogP contribution is 2.22. The van der Waals surface area contributed by atoms with Gasteiger partial charge in [-0.3, -0.25) is 4.79 Å². The first-order chi connectivity index (χ1) is 9.02. The van der Waals surface area contributed by atoms with E-state index in [4.69, 9.17) is 5.73 Å². The van der Waals surface area contributed by atoms with Gasteiger partial charge in [-0.2, -0.15) is 0 Å². The average molecular weight is 262 g/mol. The van der Waals surface area contributed by atoms with Gasteiger partial charge < -0.3 is 15.7 Å². The number of carbonyl (C=O) groups is 1. The molecule has 104 valence electrons. The molecule has 1 aromatic rings. The maximum absolute atomic E-state index is 12.4. The number of β-amino-alcohol motifs (C(OH)–C–C–N with tert-alkyl or cyclic N) is 1. The van der Waals surface area contributed by atoms with E-state index < -0.39 is 5.60 Å². The lowest BCUT2D eigenvalue weighted by molar-refractivity contribution is -0.135. The van der Waals surface area contributed by atoms with Crippen LogP contribution < -0.4 is 5.73 Å². The van der Waals surface area contributed by atoms with Gasteiger partial charge >= 0.3 is 0 Å². The fraction of sp³-hybridized carbons (Fsp3) is 0.533. The molecule has 0 radical (unpaired) electrons. The van der Waals surface area contributed by atoms with Crippen molar-refractivity contribution < 1.29 is 9.90 Å². The van der Waals surface area contributed by atoms with Crippen LogP contribution >= 0.6 is 0 Å². The highest BCUT2D eigenvalue weighted by molar-refractivity contribution is 5.79. The van der Waals surface area contributed by atoms with Crippen LogP contribution in [0, 0.1) is 5.92 Å². The highest BCUT2D eigenvalue weighted by atomic mass is 16.3. The van der Waals surface area contributed by atoms with Crippen LogP contribution in [0.25, 0.3) is 0 Å². The van der Waals surface area contributed by atoms with Gasteiger partial charge in [0.15, 0.2) is 0 Å². The van der Waals surface area contributed by atoms with Gasteiger partial charge in [0.05, 0.1) is 11.5 Å². The molecule has 0 bridgehead atoms. The maximum Gasteiger partial charge on any atom is 0.227 e. The van der Waals surface area contributed by atoms with E-state index in [0.29, 0.717) is 32.5 Å². The van der Waals surface area contributed by atoms with Crippen LogP contribution in [-0.2, 0) is 11.2 Å². The molecule has 1 aliphatic rings. The van der Waals surface area contributed by atoms with Gasteiger partial charge in [-0.05, 0) is 25.3 Å². The van der Waals surface area contributed by atoms with Gasteiger partial charge in [-0.1, -0.05) is 30.3 Å². The molecule has 1 saturated heterocycles. The Bertz CT molecular complexity index is 431. The van der Waals surface area contributed by atoms with Crippen molar-refractivity contribution >= 4 is 5.91 Å². The van der Waals surface area contributed by atoms with Crippen LogP contribution in [-0.4, -0.2) is 41.1 Å². The lowest BCUT2D eigenvalue weighted by Gasteiger charge is -2.23. The number of nitrogens with zero attached hydrogens (tertiary/aromatic N) is 1. The Morgan fingerprint density at radius 1 is 1.47 bits per heavy atom. The quantitative estimate of drug-likeness (QED) is 0.843. The summed E-state index contributed by atoms with van der Waals surface area (Å²) in [6.45, 7) is 3.15. The molecule has 1 aliphatic heterocycles. The highest BCUT2D eigenvalue weighted by Gasteiger charge is 2.36. The van der Waals surface area contributed by atoms with Crippen molar-refractivity contribution in [2.24, 2.45) is 11.7 Å². The normalized spacial score (nSPS) is 24.5. The molecule has 3 N–H and O–H groups in total. The number of amides is 1. The molecule has 1 fully saturated rings. The molecule has 4 heteroatoms. The van der Waals surface area contributed by atoms with Crippen molar-refractivity contribution in [1.82, 2.24) is 4.90 Å². The number of hydrogen-bond donors (Lipinski definition) is 2. The molecule has 4 nitrogen and oxygen atoms in total. The molecule has 2 rings (SSSR count). The minimum atomic E-state index is -0.748. The number of carbonyl (C=O) groups excluding carboxylic acids is 1. The van der Waals surface area contributed by atoms with Crippen molar-refractivity contribution in [2.75, 3.05) is 19.6 Å². The number of likely N-dealkylation sites (tertiary alicyclic amines) is 1. The summed E-state index contributed by atoms with van der Waals surface area (Å²) >= 11 is 0. The van der Waals surface area contributed by atoms with Crippen LogP contribution in [0.15, 0.2) is 30.3 Å². The molecule has 2 atom stereocenters. The first kappa shape index (κ1) is 14.0. The minimum Gasteiger partial charge on any atom is -0.388 e. The molecule has 19 heavy (non-hydrogen) atoms. The summed E-state index contributed by atoms with van der Waals surface area (Å²) in [5.74, 6) is -0.138.